The zero-order chi connectivity index (χ0) is 29.8. The van der Waals surface area contributed by atoms with E-state index in [2.05, 4.69) is 9.97 Å². The van der Waals surface area contributed by atoms with E-state index in [4.69, 9.17) is 24.7 Å². The first-order chi connectivity index (χ1) is 20.8. The number of nitrogens with two attached hydrogens (primary N) is 1. The molecule has 0 saturated carbocycles. The molecule has 1 atom stereocenters. The van der Waals surface area contributed by atoms with Crippen molar-refractivity contribution in [2.24, 2.45) is 0 Å². The van der Waals surface area contributed by atoms with Crippen LogP contribution in [0.1, 0.15) is 18.7 Å². The van der Waals surface area contributed by atoms with E-state index in [0.717, 1.165) is 6.07 Å². The van der Waals surface area contributed by atoms with E-state index in [1.54, 1.807) is 13.0 Å². The molecule has 0 aliphatic carbocycles. The minimum Gasteiger partial charge on any atom is -0.483 e. The molecule has 9 nitrogen and oxygen atoms in total. The van der Waals surface area contributed by atoms with Gasteiger partial charge < -0.3 is 19.6 Å². The molecule has 1 aliphatic heterocycles. The van der Waals surface area contributed by atoms with Gasteiger partial charge in [0.1, 0.15) is 58.3 Å². The first-order valence-corrected chi connectivity index (χ1v) is 13.3. The quantitative estimate of drug-likeness (QED) is 0.266. The fourth-order valence-corrected chi connectivity index (χ4v) is 5.21. The largest absolute Gasteiger partial charge is 0.483 e. The van der Waals surface area contributed by atoms with Crippen LogP contribution in [0.15, 0.2) is 76.2 Å². The molecule has 12 heteroatoms. The molecular formula is C31H22F3N5O4. The van der Waals surface area contributed by atoms with E-state index in [9.17, 15) is 13.6 Å². The second-order valence-electron chi connectivity index (χ2n) is 10.1. The van der Waals surface area contributed by atoms with Crippen molar-refractivity contribution >= 4 is 27.8 Å². The van der Waals surface area contributed by atoms with Crippen LogP contribution >= 0.6 is 0 Å². The van der Waals surface area contributed by atoms with Gasteiger partial charge in [0.15, 0.2) is 17.2 Å². The number of rotatable bonds is 6. The number of nitrogen functional groups attached to an aromatic ring is 1. The average molecular weight is 586 g/mol. The summed E-state index contributed by atoms with van der Waals surface area (Å²) in [5.74, 6) is -1.71. The monoisotopic (exact) mass is 585 g/mol. The van der Waals surface area contributed by atoms with Gasteiger partial charge in [-0.1, -0.05) is 18.2 Å². The minimum atomic E-state index is -0.852. The van der Waals surface area contributed by atoms with Crippen LogP contribution < -0.4 is 15.9 Å². The van der Waals surface area contributed by atoms with Gasteiger partial charge in [0, 0.05) is 5.56 Å². The lowest BCUT2D eigenvalue weighted by molar-refractivity contribution is -0.0808. The number of fused-ring (bicyclic) bond motifs is 2. The molecular weight excluding hydrogens is 563 g/mol. The van der Waals surface area contributed by atoms with Gasteiger partial charge in [-0.15, -0.1) is 0 Å². The Morgan fingerprint density at radius 1 is 0.977 bits per heavy atom. The molecule has 0 radical (unpaired) electrons. The van der Waals surface area contributed by atoms with Crippen LogP contribution in [0.5, 0.6) is 5.75 Å². The predicted octanol–water partition coefficient (Wildman–Crippen LogP) is 5.65. The summed E-state index contributed by atoms with van der Waals surface area (Å²) in [4.78, 5) is 22.3. The lowest BCUT2D eigenvalue weighted by Crippen LogP contribution is -2.38. The molecule has 0 amide bonds. The second kappa shape index (κ2) is 10.2. The predicted molar refractivity (Wildman–Crippen MR) is 152 cm³/mol. The van der Waals surface area contributed by atoms with Gasteiger partial charge in [0.2, 0.25) is 5.43 Å². The summed E-state index contributed by atoms with van der Waals surface area (Å²) in [6.45, 7) is 2.47. The van der Waals surface area contributed by atoms with E-state index < -0.39 is 28.9 Å². The van der Waals surface area contributed by atoms with Gasteiger partial charge in [-0.3, -0.25) is 4.79 Å². The normalized spacial score (nSPS) is 14.2. The maximum atomic E-state index is 15.1. The van der Waals surface area contributed by atoms with Crippen LogP contribution in [0.4, 0.5) is 19.0 Å². The Labute approximate surface area is 241 Å². The fourth-order valence-electron chi connectivity index (χ4n) is 5.21. The van der Waals surface area contributed by atoms with Crippen LogP contribution in [-0.4, -0.2) is 39.1 Å². The molecule has 3 aromatic carbocycles. The fraction of sp³-hybridized carbons (Fsp3) is 0.161. The molecule has 1 saturated heterocycles. The highest BCUT2D eigenvalue weighted by Crippen LogP contribution is 2.37. The molecule has 2 N–H and O–H groups in total. The molecule has 43 heavy (non-hydrogen) atoms. The molecule has 0 bridgehead atoms. The van der Waals surface area contributed by atoms with Gasteiger partial charge in [-0.25, -0.2) is 27.8 Å². The maximum absolute atomic E-state index is 15.1. The smallest absolute Gasteiger partial charge is 0.203 e. The first kappa shape index (κ1) is 26.7. The molecule has 216 valence electrons. The lowest BCUT2D eigenvalue weighted by Gasteiger charge is -2.26. The van der Waals surface area contributed by atoms with Crippen molar-refractivity contribution < 1.29 is 27.1 Å². The summed E-state index contributed by atoms with van der Waals surface area (Å²) in [5.41, 5.74) is 6.68. The first-order valence-electron chi connectivity index (χ1n) is 13.3. The number of hydrogen-bond donors (Lipinski definition) is 1. The summed E-state index contributed by atoms with van der Waals surface area (Å²) in [5, 5.41) is 4.81. The second-order valence-corrected chi connectivity index (χ2v) is 10.1. The zero-order valence-corrected chi connectivity index (χ0v) is 22.6. The molecule has 1 aliphatic rings. The number of aromatic nitrogens is 4. The topological polar surface area (TPSA) is 118 Å². The van der Waals surface area contributed by atoms with Gasteiger partial charge in [-0.05, 0) is 55.0 Å². The standard InChI is InChI=1S/C31H22F3N5O4/c1-15(29-24(16-4-2-5-18(32)10-16)28(40)25-20(33)6-3-7-23(25)43-29)39-31-26(30(35)36-14-37-31)27(38-39)17-8-9-22(21(34)11-17)42-19-12-41-13-19/h2-11,14-15,19H,12-13H2,1H3,(H2,35,36,37). The number of ether oxygens (including phenoxy) is 2. The van der Waals surface area contributed by atoms with Crippen molar-refractivity contribution in [1.82, 2.24) is 19.7 Å². The average Bonchev–Trinajstić information content (AvgIpc) is 3.36. The highest BCUT2D eigenvalue weighted by molar-refractivity contribution is 5.98. The molecule has 0 spiro atoms. The third-order valence-corrected chi connectivity index (χ3v) is 7.38. The number of anilines is 1. The Morgan fingerprint density at radius 2 is 1.79 bits per heavy atom. The zero-order valence-electron chi connectivity index (χ0n) is 22.6. The maximum Gasteiger partial charge on any atom is 0.203 e. The third-order valence-electron chi connectivity index (χ3n) is 7.38. The van der Waals surface area contributed by atoms with Crippen molar-refractivity contribution in [2.75, 3.05) is 18.9 Å². The minimum absolute atomic E-state index is 0.00681. The van der Waals surface area contributed by atoms with Crippen molar-refractivity contribution in [3.8, 4) is 28.1 Å². The van der Waals surface area contributed by atoms with E-state index in [0.29, 0.717) is 24.2 Å². The van der Waals surface area contributed by atoms with Crippen molar-refractivity contribution in [3.63, 3.8) is 0 Å². The van der Waals surface area contributed by atoms with Crippen molar-refractivity contribution in [3.05, 3.63) is 100 Å². The van der Waals surface area contributed by atoms with Crippen LogP contribution in [0.2, 0.25) is 0 Å². The van der Waals surface area contributed by atoms with Gasteiger partial charge in [0.05, 0.1) is 24.2 Å². The van der Waals surface area contributed by atoms with Crippen LogP contribution in [-0.2, 0) is 4.74 Å². The van der Waals surface area contributed by atoms with Crippen LogP contribution in [0, 0.1) is 17.5 Å². The molecule has 1 fully saturated rings. The number of halogens is 3. The van der Waals surface area contributed by atoms with Gasteiger partial charge in [0.25, 0.3) is 0 Å². The molecule has 4 heterocycles. The van der Waals surface area contributed by atoms with Gasteiger partial charge in [-0.2, -0.15) is 5.10 Å². The Hall–Kier alpha value is -5.23. The highest BCUT2D eigenvalue weighted by atomic mass is 19.1. The van der Waals surface area contributed by atoms with Gasteiger partial charge >= 0.3 is 0 Å². The highest BCUT2D eigenvalue weighted by Gasteiger charge is 2.28. The Morgan fingerprint density at radius 3 is 2.53 bits per heavy atom. The number of benzene rings is 3. The van der Waals surface area contributed by atoms with E-state index in [-0.39, 0.29) is 56.9 Å². The molecule has 1 unspecified atom stereocenters. The molecule has 7 rings (SSSR count). The Balaban J connectivity index is 1.42. The molecule has 3 aromatic heterocycles. The summed E-state index contributed by atoms with van der Waals surface area (Å²) in [6, 6.07) is 13.0. The summed E-state index contributed by atoms with van der Waals surface area (Å²) >= 11 is 0. The third kappa shape index (κ3) is 4.47. The summed E-state index contributed by atoms with van der Waals surface area (Å²) < 4.78 is 62.6. The van der Waals surface area contributed by atoms with Crippen molar-refractivity contribution in [2.45, 2.75) is 19.1 Å². The summed E-state index contributed by atoms with van der Waals surface area (Å²) in [6.07, 6.45) is 1.03. The number of hydrogen-bond acceptors (Lipinski definition) is 8. The molecule has 6 aromatic rings. The van der Waals surface area contributed by atoms with Crippen molar-refractivity contribution in [1.29, 1.82) is 0 Å². The van der Waals surface area contributed by atoms with Crippen LogP contribution in [0.25, 0.3) is 44.4 Å². The van der Waals surface area contributed by atoms with E-state index in [1.807, 2.05) is 0 Å². The Kier molecular flexibility index (Phi) is 6.35. The summed E-state index contributed by atoms with van der Waals surface area (Å²) in [7, 11) is 0. The SMILES string of the molecule is CC(c1oc2cccc(F)c2c(=O)c1-c1cccc(F)c1)n1nc(-c2ccc(OC3COC3)c(F)c2)c2c(N)ncnc21. The van der Waals surface area contributed by atoms with E-state index in [1.165, 1.54) is 59.5 Å². The number of nitrogens with zero attached hydrogens (tertiary/aromatic N) is 4. The van der Waals surface area contributed by atoms with E-state index >= 15 is 4.39 Å². The Bertz CT molecular complexity index is 2110. The van der Waals surface area contributed by atoms with Crippen LogP contribution in [0.3, 0.4) is 0 Å². The lowest BCUT2D eigenvalue weighted by atomic mass is 9.99.